The van der Waals surface area contributed by atoms with Crippen LogP contribution in [0.1, 0.15) is 5.56 Å². The second kappa shape index (κ2) is 4.60. The molecule has 1 aliphatic heterocycles. The number of carbonyl (C=O) groups excluding carboxylic acids is 1. The molecule has 1 fully saturated rings. The number of piperazine rings is 1. The molecule has 0 radical (unpaired) electrons. The third kappa shape index (κ3) is 2.48. The average Bonchev–Trinajstić information content (AvgIpc) is 2.32. The number of rotatable bonds is 1. The number of halogens is 1. The summed E-state index contributed by atoms with van der Waals surface area (Å²) in [7, 11) is 1.77. The van der Waals surface area contributed by atoms with Gasteiger partial charge in [-0.05, 0) is 12.1 Å². The molecule has 2 heterocycles. The Morgan fingerprint density at radius 1 is 1.47 bits per heavy atom. The van der Waals surface area contributed by atoms with Crippen molar-refractivity contribution in [1.29, 1.82) is 5.26 Å². The van der Waals surface area contributed by atoms with Gasteiger partial charge in [-0.15, -0.1) is 0 Å². The molecule has 88 valence electrons. The standard InChI is InChI=1S/C11H11ClN4O/c1-15-2-3-16(7-11(15)17)10-5-8(6-13)4-9(12)14-10/h4-5H,2-3,7H2,1H3. The van der Waals surface area contributed by atoms with Gasteiger partial charge in [-0.3, -0.25) is 4.79 Å². The van der Waals surface area contributed by atoms with Gasteiger partial charge >= 0.3 is 0 Å². The summed E-state index contributed by atoms with van der Waals surface area (Å²) in [4.78, 5) is 19.2. The van der Waals surface area contributed by atoms with Crippen LogP contribution in [0.15, 0.2) is 12.1 Å². The Morgan fingerprint density at radius 3 is 2.88 bits per heavy atom. The fourth-order valence-electron chi connectivity index (χ4n) is 1.66. The summed E-state index contributed by atoms with van der Waals surface area (Å²) >= 11 is 5.83. The van der Waals surface area contributed by atoms with Crippen molar-refractivity contribution in [2.45, 2.75) is 0 Å². The predicted octanol–water partition coefficient (Wildman–Crippen LogP) is 0.885. The van der Waals surface area contributed by atoms with Crippen LogP contribution in [0.5, 0.6) is 0 Å². The molecule has 17 heavy (non-hydrogen) atoms. The van der Waals surface area contributed by atoms with Crippen molar-refractivity contribution in [1.82, 2.24) is 9.88 Å². The van der Waals surface area contributed by atoms with Gasteiger partial charge < -0.3 is 9.80 Å². The summed E-state index contributed by atoms with van der Waals surface area (Å²) in [6.45, 7) is 1.62. The highest BCUT2D eigenvalue weighted by Gasteiger charge is 2.22. The van der Waals surface area contributed by atoms with Gasteiger partial charge in [0.1, 0.15) is 11.0 Å². The number of hydrogen-bond acceptors (Lipinski definition) is 4. The molecule has 1 saturated heterocycles. The van der Waals surface area contributed by atoms with Crippen molar-refractivity contribution in [2.24, 2.45) is 0 Å². The monoisotopic (exact) mass is 250 g/mol. The van der Waals surface area contributed by atoms with Gasteiger partial charge in [-0.25, -0.2) is 4.98 Å². The molecule has 0 aromatic carbocycles. The molecule has 0 spiro atoms. The summed E-state index contributed by atoms with van der Waals surface area (Å²) in [6, 6.07) is 5.17. The van der Waals surface area contributed by atoms with Crippen LogP contribution in [0.3, 0.4) is 0 Å². The first-order valence-corrected chi connectivity index (χ1v) is 5.54. The highest BCUT2D eigenvalue weighted by atomic mass is 35.5. The van der Waals surface area contributed by atoms with E-state index in [-0.39, 0.29) is 17.6 Å². The largest absolute Gasteiger partial charge is 0.345 e. The summed E-state index contributed by atoms with van der Waals surface area (Å²) < 4.78 is 0. The van der Waals surface area contributed by atoms with Gasteiger partial charge in [-0.2, -0.15) is 5.26 Å². The lowest BCUT2D eigenvalue weighted by atomic mass is 10.2. The highest BCUT2D eigenvalue weighted by molar-refractivity contribution is 6.29. The van der Waals surface area contributed by atoms with E-state index in [9.17, 15) is 4.79 Å². The maximum atomic E-state index is 11.6. The fourth-order valence-corrected chi connectivity index (χ4v) is 1.87. The van der Waals surface area contributed by atoms with E-state index < -0.39 is 0 Å². The van der Waals surface area contributed by atoms with Crippen molar-refractivity contribution in [3.8, 4) is 6.07 Å². The number of carbonyl (C=O) groups is 1. The second-order valence-electron chi connectivity index (χ2n) is 3.89. The molecular formula is C11H11ClN4O. The maximum absolute atomic E-state index is 11.6. The van der Waals surface area contributed by atoms with Gasteiger partial charge in [-0.1, -0.05) is 11.6 Å². The average molecular weight is 251 g/mol. The summed E-state index contributed by atoms with van der Waals surface area (Å²) in [5, 5.41) is 9.12. The number of nitriles is 1. The maximum Gasteiger partial charge on any atom is 0.241 e. The first-order valence-electron chi connectivity index (χ1n) is 5.17. The zero-order chi connectivity index (χ0) is 12.4. The molecule has 1 amide bonds. The van der Waals surface area contributed by atoms with Crippen molar-refractivity contribution in [2.75, 3.05) is 31.6 Å². The SMILES string of the molecule is CN1CCN(c2cc(C#N)cc(Cl)n2)CC1=O. The third-order valence-electron chi connectivity index (χ3n) is 2.69. The molecule has 0 bridgehead atoms. The lowest BCUT2D eigenvalue weighted by Gasteiger charge is -2.32. The summed E-state index contributed by atoms with van der Waals surface area (Å²) in [5.41, 5.74) is 0.450. The number of aromatic nitrogens is 1. The van der Waals surface area contributed by atoms with E-state index in [1.807, 2.05) is 11.0 Å². The van der Waals surface area contributed by atoms with E-state index in [1.165, 1.54) is 6.07 Å². The van der Waals surface area contributed by atoms with Crippen LogP contribution in [-0.2, 0) is 4.79 Å². The molecule has 0 atom stereocenters. The number of hydrogen-bond donors (Lipinski definition) is 0. The second-order valence-corrected chi connectivity index (χ2v) is 4.27. The first kappa shape index (κ1) is 11.7. The van der Waals surface area contributed by atoms with Gasteiger partial charge in [0.25, 0.3) is 0 Å². The Hall–Kier alpha value is -1.80. The van der Waals surface area contributed by atoms with Gasteiger partial charge in [0.2, 0.25) is 5.91 Å². The molecule has 2 rings (SSSR count). The topological polar surface area (TPSA) is 60.2 Å². The number of anilines is 1. The molecule has 0 saturated carbocycles. The van der Waals surface area contributed by atoms with E-state index in [2.05, 4.69) is 4.98 Å². The van der Waals surface area contributed by atoms with Gasteiger partial charge in [0.05, 0.1) is 18.2 Å². The Kier molecular flexibility index (Phi) is 3.16. The minimum atomic E-state index is 0.0385. The fraction of sp³-hybridized carbons (Fsp3) is 0.364. The van der Waals surface area contributed by atoms with Crippen LogP contribution in [0.4, 0.5) is 5.82 Å². The first-order chi connectivity index (χ1) is 8.10. The number of pyridine rings is 1. The van der Waals surface area contributed by atoms with Crippen LogP contribution >= 0.6 is 11.6 Å². The molecular weight excluding hydrogens is 240 g/mol. The molecule has 1 aromatic rings. The Balaban J connectivity index is 2.26. The molecule has 1 aromatic heterocycles. The van der Waals surface area contributed by atoms with Gasteiger partial charge in [0, 0.05) is 20.1 Å². The minimum Gasteiger partial charge on any atom is -0.345 e. The van der Waals surface area contributed by atoms with Crippen LogP contribution in [0, 0.1) is 11.3 Å². The van der Waals surface area contributed by atoms with E-state index >= 15 is 0 Å². The molecule has 5 nitrogen and oxygen atoms in total. The molecule has 0 N–H and O–H groups in total. The molecule has 1 aliphatic rings. The predicted molar refractivity (Wildman–Crippen MR) is 63.8 cm³/mol. The number of nitrogens with zero attached hydrogens (tertiary/aromatic N) is 4. The Morgan fingerprint density at radius 2 is 2.24 bits per heavy atom. The van der Waals surface area contributed by atoms with E-state index in [0.29, 0.717) is 24.5 Å². The smallest absolute Gasteiger partial charge is 0.241 e. The molecule has 0 aliphatic carbocycles. The van der Waals surface area contributed by atoms with Crippen LogP contribution < -0.4 is 4.90 Å². The van der Waals surface area contributed by atoms with Gasteiger partial charge in [0.15, 0.2) is 0 Å². The number of likely N-dealkylation sites (N-methyl/N-ethyl adjacent to an activating group) is 1. The molecule has 0 unspecified atom stereocenters. The normalized spacial score (nSPS) is 15.9. The lowest BCUT2D eigenvalue weighted by Crippen LogP contribution is -2.48. The lowest BCUT2D eigenvalue weighted by molar-refractivity contribution is -0.129. The zero-order valence-corrected chi connectivity index (χ0v) is 10.1. The summed E-state index contributed by atoms with van der Waals surface area (Å²) in [5.74, 6) is 0.618. The van der Waals surface area contributed by atoms with Crippen molar-refractivity contribution in [3.05, 3.63) is 22.8 Å². The number of amides is 1. The van der Waals surface area contributed by atoms with Crippen LogP contribution in [0.25, 0.3) is 0 Å². The van der Waals surface area contributed by atoms with Crippen molar-refractivity contribution in [3.63, 3.8) is 0 Å². The highest BCUT2D eigenvalue weighted by Crippen LogP contribution is 2.19. The van der Waals surface area contributed by atoms with E-state index in [1.54, 1.807) is 18.0 Å². The zero-order valence-electron chi connectivity index (χ0n) is 9.35. The Bertz CT molecular complexity index is 497. The van der Waals surface area contributed by atoms with E-state index in [4.69, 9.17) is 16.9 Å². The van der Waals surface area contributed by atoms with E-state index in [0.717, 1.165) is 0 Å². The third-order valence-corrected chi connectivity index (χ3v) is 2.88. The van der Waals surface area contributed by atoms with Crippen LogP contribution in [-0.4, -0.2) is 42.5 Å². The minimum absolute atomic E-state index is 0.0385. The van der Waals surface area contributed by atoms with Crippen molar-refractivity contribution >= 4 is 23.3 Å². The molecule has 6 heteroatoms. The van der Waals surface area contributed by atoms with Crippen molar-refractivity contribution < 1.29 is 4.79 Å². The quantitative estimate of drug-likeness (QED) is 0.695. The Labute approximate surface area is 104 Å². The van der Waals surface area contributed by atoms with Crippen LogP contribution in [0.2, 0.25) is 5.15 Å². The summed E-state index contributed by atoms with van der Waals surface area (Å²) in [6.07, 6.45) is 0.